The minimum absolute atomic E-state index is 0.274. The zero-order valence-corrected chi connectivity index (χ0v) is 14.0. The molecule has 20 heavy (non-hydrogen) atoms. The second-order valence-electron chi connectivity index (χ2n) is 5.59. The number of primary amides is 1. The molecule has 0 aliphatic carbocycles. The standard InChI is InChI=1S/C17H34N2O/c1-5-8-10-13-19(14-11-9-6-2)16(12-7-3)15(4)17(18)20/h5-14H2,1-4H3,(H2,18,20)/b16-15+. The molecule has 0 aliphatic heterocycles. The molecule has 0 bridgehead atoms. The molecular weight excluding hydrogens is 248 g/mol. The van der Waals surface area contributed by atoms with Crippen LogP contribution in [0, 0.1) is 0 Å². The van der Waals surface area contributed by atoms with Crippen LogP contribution in [0.3, 0.4) is 0 Å². The monoisotopic (exact) mass is 282 g/mol. The molecule has 0 saturated heterocycles. The van der Waals surface area contributed by atoms with Gasteiger partial charge < -0.3 is 10.6 Å². The van der Waals surface area contributed by atoms with Crippen molar-refractivity contribution in [3.8, 4) is 0 Å². The molecule has 0 fully saturated rings. The van der Waals surface area contributed by atoms with Gasteiger partial charge in [-0.2, -0.15) is 0 Å². The largest absolute Gasteiger partial charge is 0.374 e. The molecule has 0 heterocycles. The highest BCUT2D eigenvalue weighted by Gasteiger charge is 2.14. The summed E-state index contributed by atoms with van der Waals surface area (Å²) in [5.41, 5.74) is 7.41. The first-order valence-electron chi connectivity index (χ1n) is 8.32. The Balaban J connectivity index is 4.88. The van der Waals surface area contributed by atoms with Gasteiger partial charge in [-0.05, 0) is 26.2 Å². The topological polar surface area (TPSA) is 46.3 Å². The van der Waals surface area contributed by atoms with Crippen LogP contribution in [0.2, 0.25) is 0 Å². The number of nitrogens with zero attached hydrogens (tertiary/aromatic N) is 1. The predicted molar refractivity (Wildman–Crippen MR) is 87.4 cm³/mol. The van der Waals surface area contributed by atoms with Gasteiger partial charge in [-0.25, -0.2) is 0 Å². The number of hydrogen-bond acceptors (Lipinski definition) is 2. The van der Waals surface area contributed by atoms with Crippen molar-refractivity contribution in [1.29, 1.82) is 0 Å². The van der Waals surface area contributed by atoms with Crippen molar-refractivity contribution in [2.45, 2.75) is 79.1 Å². The summed E-state index contributed by atoms with van der Waals surface area (Å²) in [4.78, 5) is 13.9. The zero-order valence-electron chi connectivity index (χ0n) is 14.0. The van der Waals surface area contributed by atoms with Crippen LogP contribution in [0.4, 0.5) is 0 Å². The lowest BCUT2D eigenvalue weighted by Gasteiger charge is -2.29. The zero-order chi connectivity index (χ0) is 15.4. The van der Waals surface area contributed by atoms with E-state index in [1.807, 2.05) is 6.92 Å². The molecular formula is C17H34N2O. The molecule has 0 rings (SSSR count). The van der Waals surface area contributed by atoms with E-state index in [4.69, 9.17) is 5.73 Å². The molecule has 118 valence electrons. The van der Waals surface area contributed by atoms with Crippen molar-refractivity contribution >= 4 is 5.91 Å². The Morgan fingerprint density at radius 1 is 0.900 bits per heavy atom. The summed E-state index contributed by atoms with van der Waals surface area (Å²) in [5.74, 6) is -0.274. The van der Waals surface area contributed by atoms with E-state index in [1.165, 1.54) is 44.2 Å². The van der Waals surface area contributed by atoms with E-state index in [9.17, 15) is 4.79 Å². The van der Waals surface area contributed by atoms with Gasteiger partial charge in [0.15, 0.2) is 0 Å². The van der Waals surface area contributed by atoms with Crippen LogP contribution < -0.4 is 5.73 Å². The van der Waals surface area contributed by atoms with E-state index in [2.05, 4.69) is 25.7 Å². The van der Waals surface area contributed by atoms with Crippen LogP contribution >= 0.6 is 0 Å². The number of nitrogens with two attached hydrogens (primary N) is 1. The van der Waals surface area contributed by atoms with Crippen molar-refractivity contribution in [3.05, 3.63) is 11.3 Å². The normalized spacial score (nSPS) is 12.2. The third-order valence-corrected chi connectivity index (χ3v) is 3.73. The minimum atomic E-state index is -0.274. The average molecular weight is 282 g/mol. The van der Waals surface area contributed by atoms with Crippen LogP contribution in [0.5, 0.6) is 0 Å². The average Bonchev–Trinajstić information content (AvgIpc) is 2.43. The number of rotatable bonds is 12. The second kappa shape index (κ2) is 11.8. The van der Waals surface area contributed by atoms with Gasteiger partial charge in [-0.3, -0.25) is 4.79 Å². The van der Waals surface area contributed by atoms with E-state index in [0.29, 0.717) is 0 Å². The summed E-state index contributed by atoms with van der Waals surface area (Å²) in [5, 5.41) is 0. The van der Waals surface area contributed by atoms with E-state index in [-0.39, 0.29) is 5.91 Å². The molecule has 0 atom stereocenters. The van der Waals surface area contributed by atoms with Crippen molar-refractivity contribution in [2.75, 3.05) is 13.1 Å². The van der Waals surface area contributed by atoms with Gasteiger partial charge in [0.2, 0.25) is 5.91 Å². The maximum absolute atomic E-state index is 11.5. The van der Waals surface area contributed by atoms with Crippen molar-refractivity contribution in [2.24, 2.45) is 5.73 Å². The van der Waals surface area contributed by atoms with Gasteiger partial charge >= 0.3 is 0 Å². The Labute approximate surface area is 125 Å². The summed E-state index contributed by atoms with van der Waals surface area (Å²) in [6.07, 6.45) is 9.35. The second-order valence-corrected chi connectivity index (χ2v) is 5.59. The SMILES string of the molecule is CCCCCN(CCCCC)/C(CCC)=C(\C)C(N)=O. The molecule has 0 aromatic rings. The Morgan fingerprint density at radius 3 is 1.75 bits per heavy atom. The van der Waals surface area contributed by atoms with Gasteiger partial charge in [0.1, 0.15) is 0 Å². The summed E-state index contributed by atoms with van der Waals surface area (Å²) in [7, 11) is 0. The van der Waals surface area contributed by atoms with Crippen LogP contribution in [-0.2, 0) is 4.79 Å². The van der Waals surface area contributed by atoms with E-state index >= 15 is 0 Å². The molecule has 2 N–H and O–H groups in total. The molecule has 0 aromatic carbocycles. The Kier molecular flexibility index (Phi) is 11.2. The number of carbonyl (C=O) groups excluding carboxylic acids is 1. The van der Waals surface area contributed by atoms with E-state index < -0.39 is 0 Å². The molecule has 1 amide bonds. The lowest BCUT2D eigenvalue weighted by molar-refractivity contribution is -0.114. The molecule has 0 spiro atoms. The van der Waals surface area contributed by atoms with Gasteiger partial charge in [0.05, 0.1) is 0 Å². The third kappa shape index (κ3) is 7.56. The van der Waals surface area contributed by atoms with Crippen LogP contribution in [0.25, 0.3) is 0 Å². The summed E-state index contributed by atoms with van der Waals surface area (Å²) < 4.78 is 0. The van der Waals surface area contributed by atoms with E-state index in [1.54, 1.807) is 0 Å². The number of amides is 1. The van der Waals surface area contributed by atoms with Crippen molar-refractivity contribution in [1.82, 2.24) is 4.90 Å². The summed E-state index contributed by atoms with van der Waals surface area (Å²) >= 11 is 0. The first-order chi connectivity index (χ1) is 9.58. The molecule has 0 radical (unpaired) electrons. The first kappa shape index (κ1) is 19.0. The fraction of sp³-hybridized carbons (Fsp3) is 0.824. The Morgan fingerprint density at radius 2 is 1.40 bits per heavy atom. The molecule has 0 saturated carbocycles. The number of carbonyl (C=O) groups is 1. The molecule has 0 aliphatic rings. The Bertz CT molecular complexity index is 287. The van der Waals surface area contributed by atoms with Gasteiger partial charge in [-0.1, -0.05) is 52.9 Å². The first-order valence-corrected chi connectivity index (χ1v) is 8.32. The highest BCUT2D eigenvalue weighted by Crippen LogP contribution is 2.19. The van der Waals surface area contributed by atoms with Gasteiger partial charge in [0.25, 0.3) is 0 Å². The number of allylic oxidation sites excluding steroid dienone is 1. The fourth-order valence-electron chi connectivity index (χ4n) is 2.45. The van der Waals surface area contributed by atoms with Crippen LogP contribution in [0.1, 0.15) is 79.1 Å². The van der Waals surface area contributed by atoms with Gasteiger partial charge in [-0.15, -0.1) is 0 Å². The van der Waals surface area contributed by atoms with Crippen molar-refractivity contribution in [3.63, 3.8) is 0 Å². The minimum Gasteiger partial charge on any atom is -0.374 e. The van der Waals surface area contributed by atoms with E-state index in [0.717, 1.165) is 31.5 Å². The summed E-state index contributed by atoms with van der Waals surface area (Å²) in [6.45, 7) is 10.6. The quantitative estimate of drug-likeness (QED) is 0.430. The van der Waals surface area contributed by atoms with Gasteiger partial charge in [0, 0.05) is 24.4 Å². The highest BCUT2D eigenvalue weighted by molar-refractivity contribution is 5.91. The van der Waals surface area contributed by atoms with Crippen molar-refractivity contribution < 1.29 is 4.79 Å². The lowest BCUT2D eigenvalue weighted by Crippen LogP contribution is -2.29. The maximum atomic E-state index is 11.5. The summed E-state index contributed by atoms with van der Waals surface area (Å²) in [6, 6.07) is 0. The molecule has 3 heteroatoms. The lowest BCUT2D eigenvalue weighted by atomic mass is 10.1. The fourth-order valence-corrected chi connectivity index (χ4v) is 2.45. The number of hydrogen-bond donors (Lipinski definition) is 1. The smallest absolute Gasteiger partial charge is 0.246 e. The molecule has 0 unspecified atom stereocenters. The predicted octanol–water partition coefficient (Wildman–Crippen LogP) is 4.23. The highest BCUT2D eigenvalue weighted by atomic mass is 16.1. The van der Waals surface area contributed by atoms with Crippen LogP contribution in [0.15, 0.2) is 11.3 Å². The molecule has 0 aromatic heterocycles. The third-order valence-electron chi connectivity index (χ3n) is 3.73. The van der Waals surface area contributed by atoms with Crippen LogP contribution in [-0.4, -0.2) is 23.9 Å². The maximum Gasteiger partial charge on any atom is 0.246 e. The molecule has 3 nitrogen and oxygen atoms in total. The number of unbranched alkanes of at least 4 members (excludes halogenated alkanes) is 4. The Hall–Kier alpha value is -0.990.